The van der Waals surface area contributed by atoms with E-state index in [1.54, 1.807) is 6.92 Å². The summed E-state index contributed by atoms with van der Waals surface area (Å²) in [6, 6.07) is 18.2. The number of aryl methyl sites for hydroxylation is 2. The quantitative estimate of drug-likeness (QED) is 0.330. The highest BCUT2D eigenvalue weighted by atomic mass is 16.5. The van der Waals surface area contributed by atoms with Crippen LogP contribution in [-0.4, -0.2) is 21.4 Å². The molecule has 0 aliphatic heterocycles. The first kappa shape index (κ1) is 22.2. The molecule has 0 saturated heterocycles. The Balaban J connectivity index is 1.66. The molecule has 1 N–H and O–H groups in total. The molecule has 0 unspecified atom stereocenters. The van der Waals surface area contributed by atoms with Crippen molar-refractivity contribution in [1.82, 2.24) is 14.8 Å². The van der Waals surface area contributed by atoms with E-state index in [1.807, 2.05) is 60.3 Å². The van der Waals surface area contributed by atoms with Crippen molar-refractivity contribution in [3.05, 3.63) is 77.4 Å². The molecule has 4 rings (SSSR count). The molecule has 0 amide bonds. The third-order valence-corrected chi connectivity index (χ3v) is 5.29. The van der Waals surface area contributed by atoms with Crippen LogP contribution >= 0.6 is 0 Å². The van der Waals surface area contributed by atoms with Gasteiger partial charge in [-0.2, -0.15) is 10.4 Å². The van der Waals surface area contributed by atoms with Gasteiger partial charge in [0.25, 0.3) is 0 Å². The number of hydrogen-bond donors (Lipinski definition) is 1. The van der Waals surface area contributed by atoms with E-state index in [1.165, 1.54) is 0 Å². The Bertz CT molecular complexity index is 1270. The van der Waals surface area contributed by atoms with Gasteiger partial charge in [0, 0.05) is 30.8 Å². The van der Waals surface area contributed by atoms with E-state index in [4.69, 9.17) is 14.3 Å². The minimum absolute atomic E-state index is 0.244. The van der Waals surface area contributed by atoms with Gasteiger partial charge in [-0.1, -0.05) is 31.5 Å². The number of hydrogen-bond acceptors (Lipinski definition) is 6. The molecule has 0 saturated carbocycles. The summed E-state index contributed by atoms with van der Waals surface area (Å²) in [5.74, 6) is 1.71. The third kappa shape index (κ3) is 5.07. The number of benzene rings is 2. The minimum Gasteiger partial charge on any atom is -0.493 e. The van der Waals surface area contributed by atoms with E-state index in [9.17, 15) is 5.26 Å². The Kier molecular flexibility index (Phi) is 6.75. The van der Waals surface area contributed by atoms with Gasteiger partial charge in [-0.25, -0.2) is 9.67 Å². The lowest BCUT2D eigenvalue weighted by Gasteiger charge is -2.10. The van der Waals surface area contributed by atoms with E-state index >= 15 is 0 Å². The molecule has 0 aliphatic rings. The zero-order valence-electron chi connectivity index (χ0n) is 19.1. The van der Waals surface area contributed by atoms with Gasteiger partial charge in [-0.3, -0.25) is 0 Å². The molecule has 0 fully saturated rings. The molecule has 0 spiro atoms. The number of aromatic nitrogens is 3. The lowest BCUT2D eigenvalue weighted by molar-refractivity contribution is 0.307. The summed E-state index contributed by atoms with van der Waals surface area (Å²) in [7, 11) is 0. The van der Waals surface area contributed by atoms with Crippen molar-refractivity contribution in [3.63, 3.8) is 0 Å². The van der Waals surface area contributed by atoms with Crippen molar-refractivity contribution < 1.29 is 9.15 Å². The van der Waals surface area contributed by atoms with Crippen molar-refractivity contribution in [1.29, 1.82) is 5.26 Å². The Morgan fingerprint density at radius 1 is 1.15 bits per heavy atom. The third-order valence-electron chi connectivity index (χ3n) is 5.29. The smallest absolute Gasteiger partial charge is 0.232 e. The number of nitriles is 1. The molecule has 0 aliphatic carbocycles. The molecule has 7 heteroatoms. The van der Waals surface area contributed by atoms with Crippen molar-refractivity contribution in [2.45, 2.75) is 40.2 Å². The van der Waals surface area contributed by atoms with Gasteiger partial charge in [0.15, 0.2) is 5.89 Å². The van der Waals surface area contributed by atoms with Crippen LogP contribution in [0.2, 0.25) is 0 Å². The summed E-state index contributed by atoms with van der Waals surface area (Å²) in [6.45, 7) is 7.06. The second-order valence-electron chi connectivity index (χ2n) is 7.84. The van der Waals surface area contributed by atoms with Crippen molar-refractivity contribution >= 4 is 5.88 Å². The normalized spacial score (nSPS) is 10.7. The lowest BCUT2D eigenvalue weighted by Crippen LogP contribution is -2.01. The standard InChI is InChI=1S/C26H27N5O2/c1-4-5-13-32-24-12-11-20(14-18(24)2)25-21(16-28-26-23(15-27)29-19(3)33-26)17-31(30-25)22-9-7-6-8-10-22/h6-12,14,17,28H,4-5,13,16H2,1-3H3. The van der Waals surface area contributed by atoms with Crippen molar-refractivity contribution in [2.24, 2.45) is 0 Å². The number of unbranched alkanes of at least 4 members (excludes halogenated alkanes) is 1. The second kappa shape index (κ2) is 10.0. The monoisotopic (exact) mass is 441 g/mol. The SMILES string of the molecule is CCCCOc1ccc(-c2nn(-c3ccccc3)cc2CNc2oc(C)nc2C#N)cc1C. The topological polar surface area (TPSA) is 88.9 Å². The highest BCUT2D eigenvalue weighted by Crippen LogP contribution is 2.29. The maximum absolute atomic E-state index is 9.31. The minimum atomic E-state index is 0.244. The highest BCUT2D eigenvalue weighted by Gasteiger charge is 2.16. The molecule has 0 radical (unpaired) electrons. The highest BCUT2D eigenvalue weighted by molar-refractivity contribution is 5.66. The van der Waals surface area contributed by atoms with Crippen LogP contribution in [0.5, 0.6) is 5.75 Å². The maximum atomic E-state index is 9.31. The largest absolute Gasteiger partial charge is 0.493 e. The molecule has 2 aromatic carbocycles. The maximum Gasteiger partial charge on any atom is 0.232 e. The fourth-order valence-electron chi connectivity index (χ4n) is 3.58. The summed E-state index contributed by atoms with van der Waals surface area (Å²) in [5, 5.41) is 17.4. The first-order valence-corrected chi connectivity index (χ1v) is 11.1. The first-order chi connectivity index (χ1) is 16.1. The number of para-hydroxylation sites is 1. The number of oxazole rings is 1. The Labute approximate surface area is 193 Å². The van der Waals surface area contributed by atoms with Crippen LogP contribution in [-0.2, 0) is 6.54 Å². The fraction of sp³-hybridized carbons (Fsp3) is 0.269. The predicted octanol–water partition coefficient (Wildman–Crippen LogP) is 5.81. The van der Waals surface area contributed by atoms with E-state index in [0.29, 0.717) is 24.9 Å². The summed E-state index contributed by atoms with van der Waals surface area (Å²) in [5.41, 5.74) is 5.09. The van der Waals surface area contributed by atoms with Crippen LogP contribution in [0.3, 0.4) is 0 Å². The zero-order chi connectivity index (χ0) is 23.2. The Hall–Kier alpha value is -4.05. The van der Waals surface area contributed by atoms with Crippen LogP contribution in [0.25, 0.3) is 16.9 Å². The number of ether oxygens (including phenoxy) is 1. The van der Waals surface area contributed by atoms with Gasteiger partial charge < -0.3 is 14.5 Å². The van der Waals surface area contributed by atoms with Crippen LogP contribution in [0.15, 0.2) is 59.1 Å². The van der Waals surface area contributed by atoms with Crippen LogP contribution in [0.4, 0.5) is 5.88 Å². The summed E-state index contributed by atoms with van der Waals surface area (Å²) < 4.78 is 13.3. The number of nitrogens with zero attached hydrogens (tertiary/aromatic N) is 4. The molecule has 4 aromatic rings. The van der Waals surface area contributed by atoms with E-state index in [-0.39, 0.29) is 5.69 Å². The van der Waals surface area contributed by atoms with Gasteiger partial charge in [-0.05, 0) is 49.2 Å². The second-order valence-corrected chi connectivity index (χ2v) is 7.84. The molecule has 0 bridgehead atoms. The number of nitrogens with one attached hydrogen (secondary N) is 1. The summed E-state index contributed by atoms with van der Waals surface area (Å²) in [6.07, 6.45) is 4.13. The van der Waals surface area contributed by atoms with E-state index in [0.717, 1.165) is 46.7 Å². The van der Waals surface area contributed by atoms with Crippen LogP contribution < -0.4 is 10.1 Å². The predicted molar refractivity (Wildman–Crippen MR) is 127 cm³/mol. The van der Waals surface area contributed by atoms with Gasteiger partial charge >= 0.3 is 0 Å². The number of anilines is 1. The Morgan fingerprint density at radius 2 is 1.97 bits per heavy atom. The molecule has 168 valence electrons. The van der Waals surface area contributed by atoms with Gasteiger partial charge in [0.05, 0.1) is 18.0 Å². The van der Waals surface area contributed by atoms with E-state index in [2.05, 4.69) is 29.4 Å². The molecule has 33 heavy (non-hydrogen) atoms. The number of rotatable bonds is 9. The van der Waals surface area contributed by atoms with Crippen molar-refractivity contribution in [2.75, 3.05) is 11.9 Å². The molecular formula is C26H27N5O2. The zero-order valence-corrected chi connectivity index (χ0v) is 19.1. The first-order valence-electron chi connectivity index (χ1n) is 11.1. The summed E-state index contributed by atoms with van der Waals surface area (Å²) in [4.78, 5) is 4.10. The van der Waals surface area contributed by atoms with E-state index < -0.39 is 0 Å². The van der Waals surface area contributed by atoms with Gasteiger partial charge in [0.1, 0.15) is 11.8 Å². The Morgan fingerprint density at radius 3 is 2.70 bits per heavy atom. The van der Waals surface area contributed by atoms with Gasteiger partial charge in [0.2, 0.25) is 11.6 Å². The molecule has 2 aromatic heterocycles. The van der Waals surface area contributed by atoms with Crippen LogP contribution in [0, 0.1) is 25.2 Å². The molecule has 7 nitrogen and oxygen atoms in total. The average Bonchev–Trinajstić information content (AvgIpc) is 3.42. The van der Waals surface area contributed by atoms with Gasteiger partial charge in [-0.15, -0.1) is 0 Å². The van der Waals surface area contributed by atoms with Crippen molar-refractivity contribution in [3.8, 4) is 28.8 Å². The lowest BCUT2D eigenvalue weighted by atomic mass is 10.0. The van der Waals surface area contributed by atoms with Crippen LogP contribution in [0.1, 0.15) is 42.5 Å². The molecule has 2 heterocycles. The molecular weight excluding hydrogens is 414 g/mol. The molecule has 0 atom stereocenters. The summed E-state index contributed by atoms with van der Waals surface area (Å²) >= 11 is 0. The fourth-order valence-corrected chi connectivity index (χ4v) is 3.58. The average molecular weight is 442 g/mol.